The largest absolute Gasteiger partial charge is 0.299 e. The number of Topliss-reactive ketones (excluding diaryl/α,β-unsaturated/α-hetero) is 1. The molecule has 2 aliphatic rings. The minimum Gasteiger partial charge on any atom is -0.299 e. The van der Waals surface area contributed by atoms with Gasteiger partial charge < -0.3 is 0 Å². The van der Waals surface area contributed by atoms with Crippen molar-refractivity contribution in [2.75, 3.05) is 0 Å². The number of carbonyl (C=O) groups excluding carboxylic acids is 1. The molecule has 0 heterocycles. The molecule has 0 N–H and O–H groups in total. The first kappa shape index (κ1) is 10.2. The topological polar surface area (TPSA) is 17.1 Å². The van der Waals surface area contributed by atoms with Crippen molar-refractivity contribution >= 4 is 5.78 Å². The van der Waals surface area contributed by atoms with Gasteiger partial charge in [-0.3, -0.25) is 4.79 Å². The van der Waals surface area contributed by atoms with E-state index in [-0.39, 0.29) is 0 Å². The van der Waals surface area contributed by atoms with Gasteiger partial charge in [0.15, 0.2) is 0 Å². The molecule has 1 nitrogen and oxygen atoms in total. The first-order valence-corrected chi connectivity index (χ1v) is 6.31. The van der Waals surface area contributed by atoms with Crippen molar-refractivity contribution in [2.45, 2.75) is 64.7 Å². The molecule has 0 aromatic carbocycles. The van der Waals surface area contributed by atoms with Gasteiger partial charge in [0.1, 0.15) is 5.78 Å². The summed E-state index contributed by atoms with van der Waals surface area (Å²) in [6.45, 7) is 2.16. The van der Waals surface area contributed by atoms with E-state index in [9.17, 15) is 4.79 Å². The fourth-order valence-electron chi connectivity index (χ4n) is 3.14. The SMILES string of the molecule is CCCCC(=O)C1CC12CCCCC2. The molecule has 0 aliphatic heterocycles. The average Bonchev–Trinajstić information content (AvgIpc) is 2.90. The molecule has 14 heavy (non-hydrogen) atoms. The summed E-state index contributed by atoms with van der Waals surface area (Å²) >= 11 is 0. The van der Waals surface area contributed by atoms with Gasteiger partial charge in [-0.05, 0) is 31.1 Å². The Morgan fingerprint density at radius 1 is 1.29 bits per heavy atom. The molecule has 1 spiro atoms. The molecule has 0 aromatic heterocycles. The highest BCUT2D eigenvalue weighted by atomic mass is 16.1. The Kier molecular flexibility index (Phi) is 2.94. The van der Waals surface area contributed by atoms with Crippen LogP contribution in [-0.2, 0) is 4.79 Å². The van der Waals surface area contributed by atoms with Crippen LogP contribution in [-0.4, -0.2) is 5.78 Å². The van der Waals surface area contributed by atoms with Crippen molar-refractivity contribution in [1.29, 1.82) is 0 Å². The average molecular weight is 194 g/mol. The number of hydrogen-bond acceptors (Lipinski definition) is 1. The van der Waals surface area contributed by atoms with Crippen molar-refractivity contribution in [3.8, 4) is 0 Å². The van der Waals surface area contributed by atoms with Crippen molar-refractivity contribution in [3.63, 3.8) is 0 Å². The van der Waals surface area contributed by atoms with Crippen LogP contribution in [0.3, 0.4) is 0 Å². The lowest BCUT2D eigenvalue weighted by Gasteiger charge is -2.21. The van der Waals surface area contributed by atoms with Gasteiger partial charge in [-0.15, -0.1) is 0 Å². The maximum Gasteiger partial charge on any atom is 0.136 e. The predicted molar refractivity (Wildman–Crippen MR) is 58.2 cm³/mol. The van der Waals surface area contributed by atoms with Gasteiger partial charge in [0.2, 0.25) is 0 Å². The highest BCUT2D eigenvalue weighted by molar-refractivity contribution is 5.84. The third-order valence-corrected chi connectivity index (χ3v) is 4.20. The van der Waals surface area contributed by atoms with E-state index in [1.165, 1.54) is 38.5 Å². The summed E-state index contributed by atoms with van der Waals surface area (Å²) in [4.78, 5) is 11.8. The van der Waals surface area contributed by atoms with Crippen molar-refractivity contribution in [3.05, 3.63) is 0 Å². The zero-order chi connectivity index (χ0) is 10.0. The van der Waals surface area contributed by atoms with Crippen LogP contribution in [0.1, 0.15) is 64.7 Å². The lowest BCUT2D eigenvalue weighted by molar-refractivity contribution is -0.121. The van der Waals surface area contributed by atoms with E-state index in [2.05, 4.69) is 6.92 Å². The van der Waals surface area contributed by atoms with Gasteiger partial charge in [-0.25, -0.2) is 0 Å². The van der Waals surface area contributed by atoms with E-state index < -0.39 is 0 Å². The Balaban J connectivity index is 1.81. The minimum atomic E-state index is 0.481. The molecule has 0 amide bonds. The van der Waals surface area contributed by atoms with E-state index in [4.69, 9.17) is 0 Å². The van der Waals surface area contributed by atoms with Crippen LogP contribution in [0.25, 0.3) is 0 Å². The van der Waals surface area contributed by atoms with Crippen LogP contribution in [0.4, 0.5) is 0 Å². The summed E-state index contributed by atoms with van der Waals surface area (Å²) < 4.78 is 0. The molecule has 0 aromatic rings. The van der Waals surface area contributed by atoms with Crippen molar-refractivity contribution < 1.29 is 4.79 Å². The number of ketones is 1. The summed E-state index contributed by atoms with van der Waals surface area (Å²) in [6, 6.07) is 0. The molecule has 2 aliphatic carbocycles. The monoisotopic (exact) mass is 194 g/mol. The maximum absolute atomic E-state index is 11.8. The van der Waals surface area contributed by atoms with Gasteiger partial charge in [0.05, 0.1) is 0 Å². The molecule has 80 valence electrons. The van der Waals surface area contributed by atoms with Crippen LogP contribution in [0.2, 0.25) is 0 Å². The Bertz CT molecular complexity index is 213. The molecule has 1 heteroatoms. The number of carbonyl (C=O) groups is 1. The maximum atomic E-state index is 11.8. The molecule has 2 fully saturated rings. The molecular formula is C13H22O. The standard InChI is InChI=1S/C13H22O/c1-2-3-7-12(14)11-10-13(11)8-5-4-6-9-13/h11H,2-10H2,1H3. The summed E-state index contributed by atoms with van der Waals surface area (Å²) in [5.74, 6) is 1.06. The van der Waals surface area contributed by atoms with E-state index in [0.717, 1.165) is 19.3 Å². The second kappa shape index (κ2) is 4.04. The van der Waals surface area contributed by atoms with Crippen LogP contribution in [0.5, 0.6) is 0 Å². The lowest BCUT2D eigenvalue weighted by atomic mass is 9.83. The normalized spacial score (nSPS) is 29.1. The lowest BCUT2D eigenvalue weighted by Crippen LogP contribution is -2.14. The van der Waals surface area contributed by atoms with Gasteiger partial charge in [0, 0.05) is 12.3 Å². The second-order valence-electron chi connectivity index (χ2n) is 5.25. The quantitative estimate of drug-likeness (QED) is 0.666. The molecule has 0 radical (unpaired) electrons. The Morgan fingerprint density at radius 3 is 2.64 bits per heavy atom. The molecule has 1 atom stereocenters. The Hall–Kier alpha value is -0.330. The predicted octanol–water partition coefficient (Wildman–Crippen LogP) is 3.72. The highest BCUT2D eigenvalue weighted by Gasteiger charge is 2.56. The van der Waals surface area contributed by atoms with E-state index in [1.807, 2.05) is 0 Å². The van der Waals surface area contributed by atoms with Crippen molar-refractivity contribution in [1.82, 2.24) is 0 Å². The highest BCUT2D eigenvalue weighted by Crippen LogP contribution is 2.62. The number of hydrogen-bond donors (Lipinski definition) is 0. The van der Waals surface area contributed by atoms with Crippen LogP contribution in [0.15, 0.2) is 0 Å². The first-order valence-electron chi connectivity index (χ1n) is 6.31. The third-order valence-electron chi connectivity index (χ3n) is 4.20. The van der Waals surface area contributed by atoms with E-state index in [1.54, 1.807) is 0 Å². The molecule has 2 saturated carbocycles. The van der Waals surface area contributed by atoms with Crippen molar-refractivity contribution in [2.24, 2.45) is 11.3 Å². The third kappa shape index (κ3) is 1.87. The fourth-order valence-corrected chi connectivity index (χ4v) is 3.14. The Morgan fingerprint density at radius 2 is 2.00 bits per heavy atom. The van der Waals surface area contributed by atoms with Gasteiger partial charge in [-0.1, -0.05) is 32.6 Å². The summed E-state index contributed by atoms with van der Waals surface area (Å²) in [6.07, 6.45) is 11.2. The van der Waals surface area contributed by atoms with E-state index in [0.29, 0.717) is 17.1 Å². The minimum absolute atomic E-state index is 0.481. The second-order valence-corrected chi connectivity index (χ2v) is 5.25. The molecule has 2 rings (SSSR count). The number of unbranched alkanes of at least 4 members (excludes halogenated alkanes) is 1. The summed E-state index contributed by atoms with van der Waals surface area (Å²) in [5.41, 5.74) is 0.517. The van der Waals surface area contributed by atoms with Crippen LogP contribution < -0.4 is 0 Å². The zero-order valence-electron chi connectivity index (χ0n) is 9.35. The zero-order valence-corrected chi connectivity index (χ0v) is 9.35. The van der Waals surface area contributed by atoms with Gasteiger partial charge in [-0.2, -0.15) is 0 Å². The fraction of sp³-hybridized carbons (Fsp3) is 0.923. The van der Waals surface area contributed by atoms with Gasteiger partial charge >= 0.3 is 0 Å². The molecule has 1 unspecified atom stereocenters. The molecular weight excluding hydrogens is 172 g/mol. The Labute approximate surface area is 87.3 Å². The van der Waals surface area contributed by atoms with Crippen LogP contribution >= 0.6 is 0 Å². The van der Waals surface area contributed by atoms with Gasteiger partial charge in [0.25, 0.3) is 0 Å². The smallest absolute Gasteiger partial charge is 0.136 e. The number of rotatable bonds is 4. The summed E-state index contributed by atoms with van der Waals surface area (Å²) in [7, 11) is 0. The van der Waals surface area contributed by atoms with Crippen LogP contribution in [0, 0.1) is 11.3 Å². The molecule has 0 bridgehead atoms. The van der Waals surface area contributed by atoms with E-state index >= 15 is 0 Å². The molecule has 0 saturated heterocycles. The summed E-state index contributed by atoms with van der Waals surface area (Å²) in [5, 5.41) is 0. The first-order chi connectivity index (χ1) is 6.78.